The fourth-order valence-electron chi connectivity index (χ4n) is 2.57. The summed E-state index contributed by atoms with van der Waals surface area (Å²) in [5.74, 6) is 1.28. The zero-order chi connectivity index (χ0) is 15.3. The van der Waals surface area contributed by atoms with Crippen LogP contribution in [0.25, 0.3) is 0 Å². The van der Waals surface area contributed by atoms with Crippen molar-refractivity contribution < 1.29 is 22.6 Å². The van der Waals surface area contributed by atoms with Crippen LogP contribution in [-0.2, 0) is 10.9 Å². The third-order valence-electron chi connectivity index (χ3n) is 3.60. The summed E-state index contributed by atoms with van der Waals surface area (Å²) in [6.07, 6.45) is -3.30. The Kier molecular flexibility index (Phi) is 5.47. The van der Waals surface area contributed by atoms with Crippen molar-refractivity contribution in [3.05, 3.63) is 29.8 Å². The lowest BCUT2D eigenvalue weighted by molar-refractivity contribution is -0.137. The van der Waals surface area contributed by atoms with Crippen LogP contribution in [-0.4, -0.2) is 33.4 Å². The summed E-state index contributed by atoms with van der Waals surface area (Å²) in [6.45, 7) is 3.01. The lowest BCUT2D eigenvalue weighted by Gasteiger charge is -2.29. The number of ether oxygens (including phenoxy) is 2. The van der Waals surface area contributed by atoms with Crippen LogP contribution in [0.15, 0.2) is 24.3 Å². The molecule has 0 spiro atoms. The molecule has 2 atom stereocenters. The fourth-order valence-corrected chi connectivity index (χ4v) is 2.57. The van der Waals surface area contributed by atoms with Crippen molar-refractivity contribution >= 4 is 0 Å². The SMILES string of the molecule is COCC1CNCC(COc2ccc(C(F)(F)F)cc2)C1. The predicted octanol–water partition coefficient (Wildman–Crippen LogP) is 2.96. The smallest absolute Gasteiger partial charge is 0.416 e. The summed E-state index contributed by atoms with van der Waals surface area (Å²) >= 11 is 0. The summed E-state index contributed by atoms with van der Waals surface area (Å²) in [4.78, 5) is 0. The van der Waals surface area contributed by atoms with Gasteiger partial charge in [0.05, 0.1) is 18.8 Å². The van der Waals surface area contributed by atoms with Crippen LogP contribution in [0.2, 0.25) is 0 Å². The Morgan fingerprint density at radius 3 is 2.29 bits per heavy atom. The third kappa shape index (κ3) is 4.89. The van der Waals surface area contributed by atoms with Gasteiger partial charge in [-0.05, 0) is 36.6 Å². The molecule has 0 aliphatic carbocycles. The first-order chi connectivity index (χ1) is 9.99. The van der Waals surface area contributed by atoms with E-state index in [1.54, 1.807) is 7.11 Å². The molecule has 1 N–H and O–H groups in total. The molecule has 118 valence electrons. The zero-order valence-electron chi connectivity index (χ0n) is 12.0. The molecule has 1 aromatic carbocycles. The minimum absolute atomic E-state index is 0.348. The maximum absolute atomic E-state index is 12.5. The Hall–Kier alpha value is -1.27. The summed E-state index contributed by atoms with van der Waals surface area (Å²) < 4.78 is 48.1. The molecule has 0 radical (unpaired) electrons. The second kappa shape index (κ2) is 7.13. The highest BCUT2D eigenvalue weighted by molar-refractivity contribution is 5.28. The van der Waals surface area contributed by atoms with E-state index >= 15 is 0 Å². The van der Waals surface area contributed by atoms with Crippen LogP contribution >= 0.6 is 0 Å². The zero-order valence-corrected chi connectivity index (χ0v) is 12.0. The first kappa shape index (κ1) is 16.1. The van der Waals surface area contributed by atoms with Gasteiger partial charge in [-0.3, -0.25) is 0 Å². The summed E-state index contributed by atoms with van der Waals surface area (Å²) in [5.41, 5.74) is -0.658. The van der Waals surface area contributed by atoms with Gasteiger partial charge in [0.25, 0.3) is 0 Å². The summed E-state index contributed by atoms with van der Waals surface area (Å²) in [5, 5.41) is 3.33. The van der Waals surface area contributed by atoms with E-state index in [9.17, 15) is 13.2 Å². The molecule has 2 rings (SSSR count). The molecule has 3 nitrogen and oxygen atoms in total. The standard InChI is InChI=1S/C15H20F3NO2/c1-20-9-11-6-12(8-19-7-11)10-21-14-4-2-13(3-5-14)15(16,17)18/h2-5,11-12,19H,6-10H2,1H3. The van der Waals surface area contributed by atoms with E-state index in [4.69, 9.17) is 9.47 Å². The van der Waals surface area contributed by atoms with Crippen molar-refractivity contribution in [2.24, 2.45) is 11.8 Å². The van der Waals surface area contributed by atoms with Crippen LogP contribution in [0, 0.1) is 11.8 Å². The van der Waals surface area contributed by atoms with Crippen molar-refractivity contribution in [1.29, 1.82) is 0 Å². The molecular formula is C15H20F3NO2. The van der Waals surface area contributed by atoms with Crippen molar-refractivity contribution in [3.8, 4) is 5.75 Å². The van der Waals surface area contributed by atoms with Crippen LogP contribution in [0.3, 0.4) is 0 Å². The topological polar surface area (TPSA) is 30.5 Å². The maximum Gasteiger partial charge on any atom is 0.416 e. The quantitative estimate of drug-likeness (QED) is 0.907. The number of nitrogens with one attached hydrogen (secondary N) is 1. The largest absolute Gasteiger partial charge is 0.493 e. The highest BCUT2D eigenvalue weighted by atomic mass is 19.4. The molecule has 6 heteroatoms. The van der Waals surface area contributed by atoms with E-state index in [0.29, 0.717) is 30.8 Å². The van der Waals surface area contributed by atoms with E-state index < -0.39 is 11.7 Å². The Balaban J connectivity index is 1.82. The number of methoxy groups -OCH3 is 1. The van der Waals surface area contributed by atoms with Gasteiger partial charge in [0.2, 0.25) is 0 Å². The van der Waals surface area contributed by atoms with E-state index in [-0.39, 0.29) is 0 Å². The molecule has 2 unspecified atom stereocenters. The van der Waals surface area contributed by atoms with Crippen LogP contribution in [0.4, 0.5) is 13.2 Å². The van der Waals surface area contributed by atoms with E-state index in [1.165, 1.54) is 12.1 Å². The van der Waals surface area contributed by atoms with Gasteiger partial charge in [-0.15, -0.1) is 0 Å². The molecular weight excluding hydrogens is 283 g/mol. The van der Waals surface area contributed by atoms with Crippen LogP contribution < -0.4 is 10.1 Å². The summed E-state index contributed by atoms with van der Waals surface area (Å²) in [7, 11) is 1.68. The van der Waals surface area contributed by atoms with Gasteiger partial charge >= 0.3 is 6.18 Å². The number of piperidine rings is 1. The van der Waals surface area contributed by atoms with E-state index in [1.807, 2.05) is 0 Å². The predicted molar refractivity (Wildman–Crippen MR) is 73.3 cm³/mol. The molecule has 1 saturated heterocycles. The fraction of sp³-hybridized carbons (Fsp3) is 0.600. The minimum atomic E-state index is -4.31. The van der Waals surface area contributed by atoms with Crippen molar-refractivity contribution in [3.63, 3.8) is 0 Å². The van der Waals surface area contributed by atoms with Gasteiger partial charge in [0, 0.05) is 26.1 Å². The Morgan fingerprint density at radius 1 is 1.10 bits per heavy atom. The number of alkyl halides is 3. The molecule has 1 aliphatic heterocycles. The second-order valence-corrected chi connectivity index (χ2v) is 5.41. The minimum Gasteiger partial charge on any atom is -0.493 e. The average Bonchev–Trinajstić information content (AvgIpc) is 2.45. The number of benzene rings is 1. The molecule has 1 aromatic rings. The number of rotatable bonds is 5. The van der Waals surface area contributed by atoms with Crippen LogP contribution in [0.1, 0.15) is 12.0 Å². The van der Waals surface area contributed by atoms with Crippen molar-refractivity contribution in [1.82, 2.24) is 5.32 Å². The molecule has 0 aromatic heterocycles. The number of hydrogen-bond acceptors (Lipinski definition) is 3. The highest BCUT2D eigenvalue weighted by Crippen LogP contribution is 2.30. The Labute approximate surface area is 122 Å². The Morgan fingerprint density at radius 2 is 1.71 bits per heavy atom. The molecule has 0 amide bonds. The second-order valence-electron chi connectivity index (χ2n) is 5.41. The van der Waals surface area contributed by atoms with Gasteiger partial charge in [-0.25, -0.2) is 0 Å². The molecule has 0 bridgehead atoms. The first-order valence-electron chi connectivity index (χ1n) is 6.98. The third-order valence-corrected chi connectivity index (χ3v) is 3.60. The molecule has 21 heavy (non-hydrogen) atoms. The van der Waals surface area contributed by atoms with Gasteiger partial charge in [-0.2, -0.15) is 13.2 Å². The van der Waals surface area contributed by atoms with Gasteiger partial charge in [0.1, 0.15) is 5.75 Å². The Bertz CT molecular complexity index is 432. The van der Waals surface area contributed by atoms with Crippen molar-refractivity contribution in [2.45, 2.75) is 12.6 Å². The molecule has 0 saturated carbocycles. The highest BCUT2D eigenvalue weighted by Gasteiger charge is 2.30. The van der Waals surface area contributed by atoms with Crippen molar-refractivity contribution in [2.75, 3.05) is 33.4 Å². The molecule has 1 heterocycles. The normalized spacial score (nSPS) is 23.0. The van der Waals surface area contributed by atoms with Gasteiger partial charge in [-0.1, -0.05) is 0 Å². The molecule has 1 aliphatic rings. The summed E-state index contributed by atoms with van der Waals surface area (Å²) in [6, 6.07) is 4.82. The lowest BCUT2D eigenvalue weighted by atomic mass is 9.91. The average molecular weight is 303 g/mol. The number of hydrogen-bond donors (Lipinski definition) is 1. The monoisotopic (exact) mass is 303 g/mol. The van der Waals surface area contributed by atoms with E-state index in [2.05, 4.69) is 5.32 Å². The van der Waals surface area contributed by atoms with E-state index in [0.717, 1.165) is 31.6 Å². The van der Waals surface area contributed by atoms with Crippen LogP contribution in [0.5, 0.6) is 5.75 Å². The van der Waals surface area contributed by atoms with Gasteiger partial charge < -0.3 is 14.8 Å². The lowest BCUT2D eigenvalue weighted by Crippen LogP contribution is -2.40. The molecule has 1 fully saturated rings. The maximum atomic E-state index is 12.5. The first-order valence-corrected chi connectivity index (χ1v) is 6.98. The number of halogens is 3. The van der Waals surface area contributed by atoms with Gasteiger partial charge in [0.15, 0.2) is 0 Å².